The van der Waals surface area contributed by atoms with Crippen molar-refractivity contribution >= 4 is 0 Å². The Morgan fingerprint density at radius 1 is 1.33 bits per heavy atom. The Morgan fingerprint density at radius 2 is 2.11 bits per heavy atom. The molecule has 2 aliphatic rings. The molecule has 1 aliphatic carbocycles. The van der Waals surface area contributed by atoms with E-state index in [0.717, 1.165) is 39.1 Å². The predicted octanol–water partition coefficient (Wildman–Crippen LogP) is 1.98. The largest absolute Gasteiger partial charge is 0.381 e. The molecule has 1 heterocycles. The molecule has 0 aromatic rings. The molecule has 2 fully saturated rings. The number of hydrazine groups is 1. The van der Waals surface area contributed by atoms with E-state index in [4.69, 9.17) is 15.3 Å². The molecule has 3 N–H and O–H groups in total. The van der Waals surface area contributed by atoms with Crippen molar-refractivity contribution in [1.82, 2.24) is 5.43 Å². The van der Waals surface area contributed by atoms with Crippen molar-refractivity contribution in [2.24, 2.45) is 11.8 Å². The minimum atomic E-state index is -0.0624. The average molecular weight is 256 g/mol. The summed E-state index contributed by atoms with van der Waals surface area (Å²) in [6.45, 7) is 4.58. The monoisotopic (exact) mass is 256 g/mol. The minimum Gasteiger partial charge on any atom is -0.381 e. The normalized spacial score (nSPS) is 30.0. The Morgan fingerprint density at radius 3 is 2.67 bits per heavy atom. The summed E-state index contributed by atoms with van der Waals surface area (Å²) in [5, 5.41) is 0. The summed E-state index contributed by atoms with van der Waals surface area (Å²) in [7, 11) is 0. The molecule has 0 spiro atoms. The lowest BCUT2D eigenvalue weighted by atomic mass is 9.73. The summed E-state index contributed by atoms with van der Waals surface area (Å²) < 4.78 is 11.8. The van der Waals surface area contributed by atoms with Crippen LogP contribution in [0.25, 0.3) is 0 Å². The maximum Gasteiger partial charge on any atom is 0.0851 e. The minimum absolute atomic E-state index is 0.0624. The van der Waals surface area contributed by atoms with Gasteiger partial charge in [-0.2, -0.15) is 0 Å². The fourth-order valence-electron chi connectivity index (χ4n) is 3.73. The van der Waals surface area contributed by atoms with Gasteiger partial charge in [-0.25, -0.2) is 0 Å². The van der Waals surface area contributed by atoms with Crippen LogP contribution in [-0.4, -0.2) is 31.5 Å². The Balaban J connectivity index is 2.09. The van der Waals surface area contributed by atoms with Crippen LogP contribution in [0.1, 0.15) is 51.9 Å². The third-order valence-electron chi connectivity index (χ3n) is 4.54. The van der Waals surface area contributed by atoms with Gasteiger partial charge in [0.25, 0.3) is 0 Å². The van der Waals surface area contributed by atoms with Crippen LogP contribution in [0.2, 0.25) is 0 Å². The van der Waals surface area contributed by atoms with E-state index < -0.39 is 0 Å². The molecule has 1 saturated carbocycles. The molecule has 4 nitrogen and oxygen atoms in total. The maximum absolute atomic E-state index is 6.18. The van der Waals surface area contributed by atoms with E-state index in [9.17, 15) is 0 Å². The van der Waals surface area contributed by atoms with Gasteiger partial charge in [-0.15, -0.1) is 0 Å². The second kappa shape index (κ2) is 6.85. The molecule has 0 aromatic carbocycles. The summed E-state index contributed by atoms with van der Waals surface area (Å²) in [6, 6.07) is 0.234. The molecule has 18 heavy (non-hydrogen) atoms. The summed E-state index contributed by atoms with van der Waals surface area (Å²) in [5.41, 5.74) is 3.00. The molecule has 0 bridgehead atoms. The van der Waals surface area contributed by atoms with E-state index in [1.54, 1.807) is 0 Å². The zero-order valence-electron chi connectivity index (χ0n) is 11.6. The lowest BCUT2D eigenvalue weighted by Gasteiger charge is -2.46. The Bertz CT molecular complexity index is 230. The first-order valence-corrected chi connectivity index (χ1v) is 7.50. The molecular weight excluding hydrogens is 228 g/mol. The maximum atomic E-state index is 6.18. The smallest absolute Gasteiger partial charge is 0.0851 e. The number of ether oxygens (including phenoxy) is 2. The molecular formula is C14H28N2O2. The number of hydrogen-bond donors (Lipinski definition) is 2. The van der Waals surface area contributed by atoms with E-state index in [2.05, 4.69) is 12.3 Å². The fraction of sp³-hybridized carbons (Fsp3) is 1.00. The predicted molar refractivity (Wildman–Crippen MR) is 72.1 cm³/mol. The van der Waals surface area contributed by atoms with Gasteiger partial charge in [-0.1, -0.05) is 19.3 Å². The zero-order valence-corrected chi connectivity index (χ0v) is 11.6. The topological polar surface area (TPSA) is 56.5 Å². The van der Waals surface area contributed by atoms with Gasteiger partial charge in [-0.05, 0) is 32.6 Å². The third kappa shape index (κ3) is 3.05. The highest BCUT2D eigenvalue weighted by molar-refractivity contribution is 4.98. The Kier molecular flexibility index (Phi) is 5.42. The van der Waals surface area contributed by atoms with Crippen molar-refractivity contribution in [2.75, 3.05) is 19.8 Å². The first-order chi connectivity index (χ1) is 8.82. The van der Waals surface area contributed by atoms with E-state index in [1.165, 1.54) is 25.7 Å². The van der Waals surface area contributed by atoms with Crippen LogP contribution in [0.4, 0.5) is 0 Å². The van der Waals surface area contributed by atoms with Crippen LogP contribution in [0.3, 0.4) is 0 Å². The summed E-state index contributed by atoms with van der Waals surface area (Å²) in [5.74, 6) is 6.36. The van der Waals surface area contributed by atoms with Crippen LogP contribution >= 0.6 is 0 Å². The van der Waals surface area contributed by atoms with Crippen LogP contribution in [-0.2, 0) is 9.47 Å². The molecule has 2 atom stereocenters. The number of nitrogens with two attached hydrogens (primary N) is 1. The highest BCUT2D eigenvalue weighted by Gasteiger charge is 2.44. The third-order valence-corrected chi connectivity index (χ3v) is 4.54. The molecule has 1 saturated heterocycles. The molecule has 0 aromatic heterocycles. The van der Waals surface area contributed by atoms with E-state index in [-0.39, 0.29) is 11.6 Å². The summed E-state index contributed by atoms with van der Waals surface area (Å²) in [4.78, 5) is 0. The number of hydrogen-bond acceptors (Lipinski definition) is 4. The van der Waals surface area contributed by atoms with Crippen LogP contribution < -0.4 is 11.3 Å². The van der Waals surface area contributed by atoms with Crippen LogP contribution in [0.15, 0.2) is 0 Å². The highest BCUT2D eigenvalue weighted by Crippen LogP contribution is 2.38. The standard InChI is InChI=1S/C14H28N2O2/c1-2-18-14(8-4-3-5-9-14)13(16-15)12-7-6-10-17-11-12/h12-13,16H,2-11,15H2,1H3. The van der Waals surface area contributed by atoms with Crippen molar-refractivity contribution in [3.05, 3.63) is 0 Å². The molecule has 2 rings (SSSR count). The second-order valence-corrected chi connectivity index (χ2v) is 5.68. The van der Waals surface area contributed by atoms with Crippen LogP contribution in [0.5, 0.6) is 0 Å². The first-order valence-electron chi connectivity index (χ1n) is 7.50. The first kappa shape index (κ1) is 14.3. The van der Waals surface area contributed by atoms with Gasteiger partial charge in [0.1, 0.15) is 0 Å². The van der Waals surface area contributed by atoms with E-state index >= 15 is 0 Å². The SMILES string of the molecule is CCOC1(C(NN)C2CCCOC2)CCCCC1. The quantitative estimate of drug-likeness (QED) is 0.583. The molecule has 4 heteroatoms. The molecule has 1 aliphatic heterocycles. The number of nitrogens with one attached hydrogen (secondary N) is 1. The van der Waals surface area contributed by atoms with Crippen molar-refractivity contribution in [3.8, 4) is 0 Å². The van der Waals surface area contributed by atoms with Crippen molar-refractivity contribution in [2.45, 2.75) is 63.5 Å². The van der Waals surface area contributed by atoms with Gasteiger partial charge in [-0.3, -0.25) is 11.3 Å². The number of rotatable bonds is 5. The van der Waals surface area contributed by atoms with E-state index in [0.29, 0.717) is 5.92 Å². The summed E-state index contributed by atoms with van der Waals surface area (Å²) in [6.07, 6.45) is 8.44. The average Bonchev–Trinajstić information content (AvgIpc) is 2.42. The Labute approximate surface area is 111 Å². The van der Waals surface area contributed by atoms with Gasteiger partial charge in [0.15, 0.2) is 0 Å². The van der Waals surface area contributed by atoms with Crippen molar-refractivity contribution in [3.63, 3.8) is 0 Å². The van der Waals surface area contributed by atoms with Gasteiger partial charge in [0.2, 0.25) is 0 Å². The van der Waals surface area contributed by atoms with Gasteiger partial charge < -0.3 is 9.47 Å². The molecule has 106 valence electrons. The van der Waals surface area contributed by atoms with Gasteiger partial charge in [0, 0.05) is 19.1 Å². The summed E-state index contributed by atoms with van der Waals surface area (Å²) >= 11 is 0. The molecule has 2 unspecified atom stereocenters. The van der Waals surface area contributed by atoms with E-state index in [1.807, 2.05) is 0 Å². The fourth-order valence-corrected chi connectivity index (χ4v) is 3.73. The van der Waals surface area contributed by atoms with Gasteiger partial charge in [0.05, 0.1) is 18.2 Å². The van der Waals surface area contributed by atoms with Crippen molar-refractivity contribution in [1.29, 1.82) is 0 Å². The lowest BCUT2D eigenvalue weighted by molar-refractivity contribution is -0.116. The van der Waals surface area contributed by atoms with Crippen LogP contribution in [0, 0.1) is 5.92 Å². The molecule has 0 amide bonds. The molecule has 0 radical (unpaired) electrons. The lowest BCUT2D eigenvalue weighted by Crippen LogP contribution is -2.60. The van der Waals surface area contributed by atoms with Crippen molar-refractivity contribution < 1.29 is 9.47 Å². The highest BCUT2D eigenvalue weighted by atomic mass is 16.5. The van der Waals surface area contributed by atoms with Gasteiger partial charge >= 0.3 is 0 Å². The zero-order chi connectivity index (χ0) is 12.8. The second-order valence-electron chi connectivity index (χ2n) is 5.68. The Hall–Kier alpha value is -0.160.